The van der Waals surface area contributed by atoms with E-state index in [1.54, 1.807) is 13.0 Å². The number of carbonyl (C=O) groups is 1. The van der Waals surface area contributed by atoms with Gasteiger partial charge in [0.05, 0.1) is 4.88 Å². The molecule has 0 saturated carbocycles. The molecule has 1 aliphatic rings. The van der Waals surface area contributed by atoms with Gasteiger partial charge < -0.3 is 5.32 Å². The number of hydrogen-bond donors (Lipinski definition) is 1. The van der Waals surface area contributed by atoms with Crippen LogP contribution in [0, 0.1) is 6.92 Å². The standard InChI is InChI=1S/C15H17N3O3S2/c1-6-7-12(16-4)17-15(19)13-10(3)14-11(8-9(2)22-14)23(20,21)18(13)5/h6-8H,1,4H2,2-3,5H3,(H,17,19)/b12-7+. The summed E-state index contributed by atoms with van der Waals surface area (Å²) >= 11 is 1.35. The predicted molar refractivity (Wildman–Crippen MR) is 92.6 cm³/mol. The highest BCUT2D eigenvalue weighted by Crippen LogP contribution is 2.40. The summed E-state index contributed by atoms with van der Waals surface area (Å²) in [5.74, 6) is -0.366. The van der Waals surface area contributed by atoms with Crippen molar-refractivity contribution in [3.8, 4) is 0 Å². The Morgan fingerprint density at radius 1 is 1.43 bits per heavy atom. The van der Waals surface area contributed by atoms with Crippen LogP contribution in [0.5, 0.6) is 0 Å². The molecule has 0 aromatic carbocycles. The average molecular weight is 351 g/mol. The van der Waals surface area contributed by atoms with Gasteiger partial charge in [0, 0.05) is 11.9 Å². The van der Waals surface area contributed by atoms with E-state index in [4.69, 9.17) is 0 Å². The Labute approximate surface area is 139 Å². The van der Waals surface area contributed by atoms with Crippen LogP contribution in [0.1, 0.15) is 16.7 Å². The van der Waals surface area contributed by atoms with Crippen LogP contribution in [0.4, 0.5) is 0 Å². The summed E-state index contributed by atoms with van der Waals surface area (Å²) in [7, 11) is -2.38. The summed E-state index contributed by atoms with van der Waals surface area (Å²) in [6.45, 7) is 10.4. The van der Waals surface area contributed by atoms with Crippen molar-refractivity contribution in [1.82, 2.24) is 9.62 Å². The summed E-state index contributed by atoms with van der Waals surface area (Å²) < 4.78 is 26.2. The van der Waals surface area contributed by atoms with Crippen LogP contribution in [0.3, 0.4) is 0 Å². The molecule has 0 bridgehead atoms. The zero-order chi connectivity index (χ0) is 17.4. The van der Waals surface area contributed by atoms with Gasteiger partial charge in [-0.3, -0.25) is 9.10 Å². The number of amides is 1. The third kappa shape index (κ3) is 2.87. The van der Waals surface area contributed by atoms with E-state index in [-0.39, 0.29) is 16.4 Å². The minimum atomic E-state index is -3.74. The van der Waals surface area contributed by atoms with Crippen molar-refractivity contribution in [2.24, 2.45) is 4.99 Å². The average Bonchev–Trinajstić information content (AvgIpc) is 2.88. The molecule has 1 aliphatic heterocycles. The van der Waals surface area contributed by atoms with Crippen molar-refractivity contribution < 1.29 is 13.2 Å². The van der Waals surface area contributed by atoms with Crippen molar-refractivity contribution in [2.75, 3.05) is 7.05 Å². The summed E-state index contributed by atoms with van der Waals surface area (Å²) in [4.78, 5) is 17.9. The summed E-state index contributed by atoms with van der Waals surface area (Å²) in [5.41, 5.74) is 0.674. The first-order chi connectivity index (χ1) is 10.7. The number of nitrogens with one attached hydrogen (secondary N) is 1. The molecule has 1 aromatic rings. The van der Waals surface area contributed by atoms with Crippen molar-refractivity contribution in [1.29, 1.82) is 0 Å². The Hall–Kier alpha value is -2.19. The second kappa shape index (κ2) is 6.13. The molecule has 122 valence electrons. The summed E-state index contributed by atoms with van der Waals surface area (Å²) in [6.07, 6.45) is 2.92. The van der Waals surface area contributed by atoms with Crippen LogP contribution < -0.4 is 5.32 Å². The maximum Gasteiger partial charge on any atom is 0.274 e. The van der Waals surface area contributed by atoms with Gasteiger partial charge in [0.25, 0.3) is 15.9 Å². The second-order valence-corrected chi connectivity index (χ2v) is 8.09. The molecule has 1 amide bonds. The zero-order valence-electron chi connectivity index (χ0n) is 13.1. The molecule has 1 aromatic heterocycles. The SMILES string of the molecule is C=C/C=C(\N=C)NC(=O)C1=C(C)c2sc(C)cc2S(=O)(=O)N1C. The molecule has 23 heavy (non-hydrogen) atoms. The van der Waals surface area contributed by atoms with Crippen LogP contribution in [0.2, 0.25) is 0 Å². The number of fused-ring (bicyclic) bond motifs is 1. The number of likely N-dealkylation sites (N-methyl/N-ethyl adjacent to an activating group) is 1. The van der Waals surface area contributed by atoms with E-state index >= 15 is 0 Å². The second-order valence-electron chi connectivity index (χ2n) is 4.90. The van der Waals surface area contributed by atoms with Gasteiger partial charge in [-0.1, -0.05) is 12.7 Å². The third-order valence-corrected chi connectivity index (χ3v) is 6.45. The van der Waals surface area contributed by atoms with Crippen LogP contribution >= 0.6 is 11.3 Å². The normalized spacial score (nSPS) is 16.8. The number of allylic oxidation sites excluding steroid dienone is 3. The number of aliphatic imine (C=N–C) groups is 1. The molecule has 0 atom stereocenters. The molecule has 0 unspecified atom stereocenters. The molecule has 1 N–H and O–H groups in total. The van der Waals surface area contributed by atoms with Crippen molar-refractivity contribution in [2.45, 2.75) is 18.7 Å². The first kappa shape index (κ1) is 17.2. The molecular formula is C15H17N3O3S2. The third-order valence-electron chi connectivity index (χ3n) is 3.37. The van der Waals surface area contributed by atoms with Crippen molar-refractivity contribution >= 4 is 39.6 Å². The fourth-order valence-electron chi connectivity index (χ4n) is 2.29. The Kier molecular flexibility index (Phi) is 4.58. The molecule has 0 fully saturated rings. The lowest BCUT2D eigenvalue weighted by Gasteiger charge is -2.28. The fraction of sp³-hybridized carbons (Fsp3) is 0.200. The molecule has 6 nitrogen and oxygen atoms in total. The molecule has 2 heterocycles. The van der Waals surface area contributed by atoms with Gasteiger partial charge in [0.2, 0.25) is 0 Å². The maximum absolute atomic E-state index is 12.6. The first-order valence-corrected chi connectivity index (χ1v) is 8.91. The number of carbonyl (C=O) groups excluding carboxylic acids is 1. The van der Waals surface area contributed by atoms with Crippen LogP contribution in [0.15, 0.2) is 46.2 Å². The monoisotopic (exact) mass is 351 g/mol. The molecule has 0 aliphatic carbocycles. The molecule has 0 spiro atoms. The van der Waals surface area contributed by atoms with E-state index < -0.39 is 15.9 Å². The van der Waals surface area contributed by atoms with Gasteiger partial charge in [0.15, 0.2) is 0 Å². The molecule has 0 radical (unpaired) electrons. The molecule has 8 heteroatoms. The number of thiophene rings is 1. The van der Waals surface area contributed by atoms with Crippen LogP contribution in [-0.2, 0) is 14.8 Å². The highest BCUT2D eigenvalue weighted by molar-refractivity contribution is 7.89. The minimum Gasteiger partial charge on any atom is -0.305 e. The number of sulfonamides is 1. The Bertz CT molecular complexity index is 861. The molecule has 2 rings (SSSR count). The highest BCUT2D eigenvalue weighted by Gasteiger charge is 2.37. The Morgan fingerprint density at radius 2 is 2.09 bits per heavy atom. The zero-order valence-corrected chi connectivity index (χ0v) is 14.7. The quantitative estimate of drug-likeness (QED) is 0.667. The number of rotatable bonds is 4. The first-order valence-electron chi connectivity index (χ1n) is 6.65. The van der Waals surface area contributed by atoms with Crippen molar-refractivity contribution in [3.63, 3.8) is 0 Å². The number of aryl methyl sites for hydroxylation is 1. The van der Waals surface area contributed by atoms with Gasteiger partial charge in [-0.25, -0.2) is 13.4 Å². The van der Waals surface area contributed by atoms with E-state index in [0.717, 1.165) is 9.18 Å². The number of hydrogen-bond acceptors (Lipinski definition) is 5. The topological polar surface area (TPSA) is 78.8 Å². The van der Waals surface area contributed by atoms with Crippen LogP contribution in [-0.4, -0.2) is 32.4 Å². The minimum absolute atomic E-state index is 0.0676. The molecule has 0 saturated heterocycles. The van der Waals surface area contributed by atoms with Gasteiger partial charge in [0.1, 0.15) is 16.4 Å². The van der Waals surface area contributed by atoms with Gasteiger partial charge in [-0.15, -0.1) is 11.3 Å². The van der Waals surface area contributed by atoms with Crippen molar-refractivity contribution in [3.05, 3.63) is 46.1 Å². The summed E-state index contributed by atoms with van der Waals surface area (Å²) in [5, 5.41) is 2.54. The summed E-state index contributed by atoms with van der Waals surface area (Å²) in [6, 6.07) is 1.62. The lowest BCUT2D eigenvalue weighted by atomic mass is 10.1. The Morgan fingerprint density at radius 3 is 2.65 bits per heavy atom. The van der Waals surface area contributed by atoms with Gasteiger partial charge >= 0.3 is 0 Å². The smallest absolute Gasteiger partial charge is 0.274 e. The van der Waals surface area contributed by atoms with E-state index in [1.807, 2.05) is 6.92 Å². The van der Waals surface area contributed by atoms with Crippen LogP contribution in [0.25, 0.3) is 5.57 Å². The Balaban J connectivity index is 2.57. The fourth-order valence-corrected chi connectivity index (χ4v) is 5.18. The molecular weight excluding hydrogens is 334 g/mol. The lowest BCUT2D eigenvalue weighted by Crippen LogP contribution is -2.38. The van der Waals surface area contributed by atoms with E-state index in [1.165, 1.54) is 30.5 Å². The van der Waals surface area contributed by atoms with Gasteiger partial charge in [-0.05, 0) is 38.3 Å². The highest BCUT2D eigenvalue weighted by atomic mass is 32.2. The van der Waals surface area contributed by atoms with E-state index in [2.05, 4.69) is 23.6 Å². The predicted octanol–water partition coefficient (Wildman–Crippen LogP) is 2.27. The van der Waals surface area contributed by atoms with E-state index in [0.29, 0.717) is 10.5 Å². The largest absolute Gasteiger partial charge is 0.305 e. The number of nitrogens with zero attached hydrogens (tertiary/aromatic N) is 2. The van der Waals surface area contributed by atoms with Gasteiger partial charge in [-0.2, -0.15) is 0 Å². The lowest BCUT2D eigenvalue weighted by molar-refractivity contribution is -0.117. The van der Waals surface area contributed by atoms with E-state index in [9.17, 15) is 13.2 Å². The maximum atomic E-state index is 12.6.